The average molecular weight is 374 g/mol. The molecule has 144 valence electrons. The Labute approximate surface area is 155 Å². The number of hydrazone groups is 1. The number of benzene rings is 1. The maximum Gasteiger partial charge on any atom is 0.325 e. The number of methoxy groups -OCH3 is 1. The van der Waals surface area contributed by atoms with Crippen LogP contribution in [0, 0.1) is 6.92 Å². The highest BCUT2D eigenvalue weighted by atomic mass is 16.5. The second kappa shape index (κ2) is 9.37. The number of nitrogens with zero attached hydrogens (tertiary/aromatic N) is 1. The van der Waals surface area contributed by atoms with Crippen molar-refractivity contribution in [1.82, 2.24) is 15.4 Å². The number of amides is 1. The molecule has 9 nitrogen and oxygen atoms in total. The first-order valence-corrected chi connectivity index (χ1v) is 8.40. The fourth-order valence-electron chi connectivity index (χ4n) is 2.52. The lowest BCUT2D eigenvalue weighted by Gasteiger charge is -2.11. The van der Waals surface area contributed by atoms with Gasteiger partial charge in [-0.2, -0.15) is 5.10 Å². The molecule has 1 amide bonds. The minimum absolute atomic E-state index is 0.0451. The van der Waals surface area contributed by atoms with Crippen LogP contribution in [0.2, 0.25) is 0 Å². The predicted molar refractivity (Wildman–Crippen MR) is 101 cm³/mol. The molecule has 0 aliphatic rings. The van der Waals surface area contributed by atoms with Crippen molar-refractivity contribution in [1.29, 1.82) is 0 Å². The fourth-order valence-corrected chi connectivity index (χ4v) is 2.52. The Hall–Kier alpha value is -3.36. The van der Waals surface area contributed by atoms with Gasteiger partial charge in [-0.1, -0.05) is 6.07 Å². The monoisotopic (exact) mass is 374 g/mol. The van der Waals surface area contributed by atoms with Crippen LogP contribution in [0.4, 0.5) is 0 Å². The Morgan fingerprint density at radius 2 is 2.07 bits per heavy atom. The normalized spacial score (nSPS) is 10.8. The number of hydrogen-bond acceptors (Lipinski definition) is 6. The van der Waals surface area contributed by atoms with E-state index in [4.69, 9.17) is 9.47 Å². The van der Waals surface area contributed by atoms with Crippen molar-refractivity contribution >= 4 is 12.1 Å². The van der Waals surface area contributed by atoms with Gasteiger partial charge in [-0.15, -0.1) is 0 Å². The van der Waals surface area contributed by atoms with Gasteiger partial charge in [0, 0.05) is 23.2 Å². The molecule has 0 fully saturated rings. The minimum atomic E-state index is -0.571. The number of aromatic amines is 2. The van der Waals surface area contributed by atoms with Gasteiger partial charge in [0.15, 0.2) is 11.5 Å². The summed E-state index contributed by atoms with van der Waals surface area (Å²) in [5, 5.41) is 3.92. The van der Waals surface area contributed by atoms with Crippen LogP contribution in [-0.2, 0) is 11.2 Å². The summed E-state index contributed by atoms with van der Waals surface area (Å²) < 4.78 is 10.8. The molecule has 0 spiro atoms. The molecule has 0 saturated carbocycles. The van der Waals surface area contributed by atoms with Crippen molar-refractivity contribution in [2.45, 2.75) is 26.7 Å². The van der Waals surface area contributed by atoms with Gasteiger partial charge in [-0.3, -0.25) is 14.6 Å². The van der Waals surface area contributed by atoms with Crippen LogP contribution in [0.1, 0.15) is 30.2 Å². The van der Waals surface area contributed by atoms with E-state index >= 15 is 0 Å². The van der Waals surface area contributed by atoms with Gasteiger partial charge in [0.2, 0.25) is 5.91 Å². The van der Waals surface area contributed by atoms with E-state index in [2.05, 4.69) is 20.5 Å². The van der Waals surface area contributed by atoms with E-state index in [0.717, 1.165) is 0 Å². The largest absolute Gasteiger partial charge is 0.492 e. The molecule has 1 aromatic carbocycles. The molecule has 3 N–H and O–H groups in total. The number of aryl methyl sites for hydroxylation is 1. The smallest absolute Gasteiger partial charge is 0.325 e. The summed E-state index contributed by atoms with van der Waals surface area (Å²) in [6.07, 6.45) is 1.68. The van der Waals surface area contributed by atoms with E-state index in [1.165, 1.54) is 13.3 Å². The summed E-state index contributed by atoms with van der Waals surface area (Å²) in [7, 11) is 1.53. The zero-order chi connectivity index (χ0) is 19.8. The van der Waals surface area contributed by atoms with Crippen LogP contribution in [-0.4, -0.2) is 35.8 Å². The van der Waals surface area contributed by atoms with Crippen LogP contribution in [0.15, 0.2) is 32.9 Å². The third-order valence-corrected chi connectivity index (χ3v) is 3.76. The maximum atomic E-state index is 12.0. The fraction of sp³-hybridized carbons (Fsp3) is 0.333. The number of H-pyrrole nitrogens is 2. The Morgan fingerprint density at radius 1 is 1.30 bits per heavy atom. The second-order valence-electron chi connectivity index (χ2n) is 5.62. The van der Waals surface area contributed by atoms with E-state index < -0.39 is 11.2 Å². The van der Waals surface area contributed by atoms with Crippen LogP contribution in [0.3, 0.4) is 0 Å². The number of para-hydroxylation sites is 1. The molecular formula is C18H22N4O5. The third kappa shape index (κ3) is 5.30. The van der Waals surface area contributed by atoms with Gasteiger partial charge in [-0.25, -0.2) is 10.2 Å². The molecular weight excluding hydrogens is 352 g/mol. The molecule has 9 heteroatoms. The summed E-state index contributed by atoms with van der Waals surface area (Å²) in [6, 6.07) is 5.35. The van der Waals surface area contributed by atoms with E-state index in [1.807, 2.05) is 6.92 Å². The van der Waals surface area contributed by atoms with Gasteiger partial charge in [0.05, 0.1) is 19.9 Å². The molecule has 0 aliphatic heterocycles. The molecule has 0 unspecified atom stereocenters. The quantitative estimate of drug-likeness (QED) is 0.467. The predicted octanol–water partition coefficient (Wildman–Crippen LogP) is 0.862. The van der Waals surface area contributed by atoms with Gasteiger partial charge in [0.1, 0.15) is 0 Å². The van der Waals surface area contributed by atoms with E-state index in [0.29, 0.717) is 34.9 Å². The molecule has 2 rings (SSSR count). The number of aromatic nitrogens is 2. The SMILES string of the molecule is CCOc1cccc(/C=N/NC(=O)CCc2c(C)[nH]c(=O)[nH]c2=O)c1OC. The highest BCUT2D eigenvalue weighted by Crippen LogP contribution is 2.29. The number of carbonyl (C=O) groups excluding carboxylic acids is 1. The zero-order valence-electron chi connectivity index (χ0n) is 15.4. The summed E-state index contributed by atoms with van der Waals surface area (Å²) in [4.78, 5) is 39.5. The first kappa shape index (κ1) is 20.0. The first-order valence-electron chi connectivity index (χ1n) is 8.40. The molecule has 2 aromatic rings. The van der Waals surface area contributed by atoms with Crippen LogP contribution < -0.4 is 26.1 Å². The Morgan fingerprint density at radius 3 is 2.74 bits per heavy atom. The van der Waals surface area contributed by atoms with E-state index in [9.17, 15) is 14.4 Å². The Balaban J connectivity index is 1.99. The zero-order valence-corrected chi connectivity index (χ0v) is 15.4. The lowest BCUT2D eigenvalue weighted by molar-refractivity contribution is -0.121. The van der Waals surface area contributed by atoms with Crippen molar-refractivity contribution in [3.05, 3.63) is 55.9 Å². The van der Waals surface area contributed by atoms with Crippen molar-refractivity contribution in [3.63, 3.8) is 0 Å². The lowest BCUT2D eigenvalue weighted by Crippen LogP contribution is -2.28. The molecule has 0 bridgehead atoms. The number of nitrogens with one attached hydrogen (secondary N) is 3. The first-order chi connectivity index (χ1) is 13.0. The molecule has 1 heterocycles. The van der Waals surface area contributed by atoms with Gasteiger partial charge < -0.3 is 14.5 Å². The summed E-state index contributed by atoms with van der Waals surface area (Å²) >= 11 is 0. The van der Waals surface area contributed by atoms with Crippen molar-refractivity contribution in [2.75, 3.05) is 13.7 Å². The number of ether oxygens (including phenoxy) is 2. The summed E-state index contributed by atoms with van der Waals surface area (Å²) in [5.41, 5.74) is 2.79. The molecule has 1 aromatic heterocycles. The summed E-state index contributed by atoms with van der Waals surface area (Å²) in [5.74, 6) is 0.743. The topological polar surface area (TPSA) is 126 Å². The van der Waals surface area contributed by atoms with E-state index in [1.54, 1.807) is 25.1 Å². The third-order valence-electron chi connectivity index (χ3n) is 3.76. The standard InChI is InChI=1S/C18H22N4O5/c1-4-27-14-7-5-6-12(16(14)26-3)10-19-22-15(23)9-8-13-11(2)20-18(25)21-17(13)24/h5-7,10H,4,8-9H2,1-3H3,(H,22,23)(H2,20,21,24,25)/b19-10+. The molecule has 0 aliphatic carbocycles. The number of carbonyl (C=O) groups is 1. The Kier molecular flexibility index (Phi) is 6.93. The van der Waals surface area contributed by atoms with Crippen molar-refractivity contribution in [2.24, 2.45) is 5.10 Å². The lowest BCUT2D eigenvalue weighted by atomic mass is 10.1. The molecule has 0 radical (unpaired) electrons. The van der Waals surface area contributed by atoms with Crippen LogP contribution in [0.25, 0.3) is 0 Å². The van der Waals surface area contributed by atoms with Gasteiger partial charge >= 0.3 is 5.69 Å². The molecule has 0 atom stereocenters. The maximum absolute atomic E-state index is 12.0. The number of hydrogen-bond donors (Lipinski definition) is 3. The highest BCUT2D eigenvalue weighted by Gasteiger charge is 2.10. The van der Waals surface area contributed by atoms with E-state index in [-0.39, 0.29) is 18.7 Å². The minimum Gasteiger partial charge on any atom is -0.492 e. The van der Waals surface area contributed by atoms with Crippen LogP contribution in [0.5, 0.6) is 11.5 Å². The van der Waals surface area contributed by atoms with Crippen LogP contribution >= 0.6 is 0 Å². The van der Waals surface area contributed by atoms with Gasteiger partial charge in [-0.05, 0) is 32.4 Å². The molecule has 0 saturated heterocycles. The summed E-state index contributed by atoms with van der Waals surface area (Å²) in [6.45, 7) is 3.98. The number of rotatable bonds is 8. The van der Waals surface area contributed by atoms with Crippen molar-refractivity contribution < 1.29 is 14.3 Å². The second-order valence-corrected chi connectivity index (χ2v) is 5.62. The van der Waals surface area contributed by atoms with Crippen molar-refractivity contribution in [3.8, 4) is 11.5 Å². The average Bonchev–Trinajstić information content (AvgIpc) is 2.61. The Bertz CT molecular complexity index is 945. The highest BCUT2D eigenvalue weighted by molar-refractivity contribution is 5.86. The van der Waals surface area contributed by atoms with Gasteiger partial charge in [0.25, 0.3) is 5.56 Å². The molecule has 27 heavy (non-hydrogen) atoms.